The molecule has 3 N–H and O–H groups in total. The monoisotopic (exact) mass is 147 g/mol. The maximum absolute atomic E-state index is 9.32. The second-order valence-electron chi connectivity index (χ2n) is 2.74. The van der Waals surface area contributed by atoms with E-state index in [1.807, 2.05) is 12.1 Å². The predicted molar refractivity (Wildman–Crippen MR) is 42.8 cm³/mol. The third-order valence-electron chi connectivity index (χ3n) is 1.95. The predicted octanol–water partition coefficient (Wildman–Crippen LogP) is 0.940. The first kappa shape index (κ1) is 6.68. The van der Waals surface area contributed by atoms with Crippen molar-refractivity contribution < 1.29 is 5.11 Å². The highest BCUT2D eigenvalue weighted by Gasteiger charge is 2.20. The van der Waals surface area contributed by atoms with E-state index in [0.717, 1.165) is 16.8 Å². The van der Waals surface area contributed by atoms with E-state index < -0.39 is 6.10 Å². The van der Waals surface area contributed by atoms with Gasteiger partial charge in [0, 0.05) is 12.1 Å². The van der Waals surface area contributed by atoms with E-state index in [1.54, 1.807) is 6.07 Å². The zero-order chi connectivity index (χ0) is 7.84. The van der Waals surface area contributed by atoms with Crippen molar-refractivity contribution in [3.05, 3.63) is 35.7 Å². The normalized spacial score (nSPS) is 21.7. The third-order valence-corrected chi connectivity index (χ3v) is 1.95. The smallest absolute Gasteiger partial charge is 0.0865 e. The van der Waals surface area contributed by atoms with Gasteiger partial charge in [0.2, 0.25) is 0 Å². The van der Waals surface area contributed by atoms with Crippen molar-refractivity contribution in [1.29, 1.82) is 0 Å². The molecule has 1 aliphatic rings. The van der Waals surface area contributed by atoms with E-state index in [-0.39, 0.29) is 0 Å². The van der Waals surface area contributed by atoms with E-state index in [9.17, 15) is 5.11 Å². The first-order valence-corrected chi connectivity index (χ1v) is 3.57. The van der Waals surface area contributed by atoms with E-state index in [1.165, 1.54) is 0 Å². The largest absolute Gasteiger partial charge is 0.399 e. The molecule has 0 heterocycles. The molecule has 0 fully saturated rings. The summed E-state index contributed by atoms with van der Waals surface area (Å²) >= 11 is 0. The molecule has 0 saturated heterocycles. The number of nitrogens with two attached hydrogens (primary N) is 1. The molecule has 0 saturated carbocycles. The number of benzene rings is 1. The maximum atomic E-state index is 9.32. The van der Waals surface area contributed by atoms with Crippen LogP contribution in [0.5, 0.6) is 0 Å². The lowest BCUT2D eigenvalue weighted by atomic mass is 10.1. The van der Waals surface area contributed by atoms with Crippen molar-refractivity contribution in [2.75, 3.05) is 5.73 Å². The second-order valence-corrected chi connectivity index (χ2v) is 2.74. The highest BCUT2D eigenvalue weighted by atomic mass is 16.3. The van der Waals surface area contributed by atoms with Gasteiger partial charge in [0.05, 0.1) is 6.10 Å². The summed E-state index contributed by atoms with van der Waals surface area (Å²) in [5.74, 6) is 0. The minimum absolute atomic E-state index is 0.509. The van der Waals surface area contributed by atoms with Crippen LogP contribution in [0.4, 0.5) is 5.69 Å². The fourth-order valence-corrected chi connectivity index (χ4v) is 1.36. The van der Waals surface area contributed by atoms with Gasteiger partial charge in [0.15, 0.2) is 0 Å². The maximum Gasteiger partial charge on any atom is 0.0865 e. The number of anilines is 1. The molecule has 0 amide bonds. The van der Waals surface area contributed by atoms with Gasteiger partial charge in [-0.25, -0.2) is 0 Å². The lowest BCUT2D eigenvalue weighted by Crippen LogP contribution is -1.91. The molecule has 0 spiro atoms. The average Bonchev–Trinajstić information content (AvgIpc) is 2.32. The minimum atomic E-state index is -0.509. The Morgan fingerprint density at radius 1 is 1.55 bits per heavy atom. The summed E-state index contributed by atoms with van der Waals surface area (Å²) in [6.45, 7) is 0. The van der Waals surface area contributed by atoms with Crippen LogP contribution in [0.2, 0.25) is 0 Å². The van der Waals surface area contributed by atoms with Gasteiger partial charge in [-0.15, -0.1) is 0 Å². The molecule has 56 valence electrons. The fourth-order valence-electron chi connectivity index (χ4n) is 1.36. The number of hydrogen-bond donors (Lipinski definition) is 2. The van der Waals surface area contributed by atoms with Crippen molar-refractivity contribution in [3.8, 4) is 0 Å². The Morgan fingerprint density at radius 3 is 3.18 bits per heavy atom. The van der Waals surface area contributed by atoms with Crippen LogP contribution in [0.1, 0.15) is 17.2 Å². The van der Waals surface area contributed by atoms with Crippen LogP contribution in [-0.4, -0.2) is 5.11 Å². The Bertz CT molecular complexity index is 283. The topological polar surface area (TPSA) is 46.2 Å². The SMILES string of the molecule is Nc1ccc2c(c1)C[C]C2O. The summed E-state index contributed by atoms with van der Waals surface area (Å²) in [6, 6.07) is 5.54. The first-order valence-electron chi connectivity index (χ1n) is 3.57. The Kier molecular flexibility index (Phi) is 1.36. The molecule has 11 heavy (non-hydrogen) atoms. The molecule has 2 heteroatoms. The quantitative estimate of drug-likeness (QED) is 0.536. The zero-order valence-corrected chi connectivity index (χ0v) is 6.04. The lowest BCUT2D eigenvalue weighted by molar-refractivity contribution is 0.217. The molecule has 0 bridgehead atoms. The van der Waals surface area contributed by atoms with E-state index in [2.05, 4.69) is 6.42 Å². The molecule has 1 aliphatic carbocycles. The minimum Gasteiger partial charge on any atom is -0.399 e. The molecular formula is C9H9NO. The van der Waals surface area contributed by atoms with Crippen molar-refractivity contribution in [1.82, 2.24) is 0 Å². The van der Waals surface area contributed by atoms with Gasteiger partial charge in [0.25, 0.3) is 0 Å². The average molecular weight is 147 g/mol. The first-order chi connectivity index (χ1) is 5.27. The Morgan fingerprint density at radius 2 is 2.36 bits per heavy atom. The Hall–Kier alpha value is -1.02. The molecular weight excluding hydrogens is 138 g/mol. The van der Waals surface area contributed by atoms with Gasteiger partial charge < -0.3 is 10.8 Å². The van der Waals surface area contributed by atoms with Crippen molar-refractivity contribution in [2.24, 2.45) is 0 Å². The van der Waals surface area contributed by atoms with Crippen LogP contribution in [0.25, 0.3) is 0 Å². The van der Waals surface area contributed by atoms with Crippen LogP contribution in [0, 0.1) is 6.42 Å². The molecule has 2 rings (SSSR count). The van der Waals surface area contributed by atoms with Gasteiger partial charge in [-0.05, 0) is 29.7 Å². The number of nitrogen functional groups attached to an aromatic ring is 1. The molecule has 1 aromatic rings. The van der Waals surface area contributed by atoms with Gasteiger partial charge in [-0.2, -0.15) is 0 Å². The number of aliphatic hydroxyl groups excluding tert-OH is 1. The van der Waals surface area contributed by atoms with Crippen molar-refractivity contribution >= 4 is 5.69 Å². The van der Waals surface area contributed by atoms with Gasteiger partial charge in [-0.3, -0.25) is 0 Å². The summed E-state index contributed by atoms with van der Waals surface area (Å²) in [5, 5.41) is 9.32. The van der Waals surface area contributed by atoms with Crippen molar-refractivity contribution in [2.45, 2.75) is 12.5 Å². The second kappa shape index (κ2) is 2.24. The van der Waals surface area contributed by atoms with E-state index in [0.29, 0.717) is 6.42 Å². The number of hydrogen-bond acceptors (Lipinski definition) is 2. The highest BCUT2D eigenvalue weighted by molar-refractivity contribution is 5.48. The number of aliphatic hydroxyl groups is 1. The summed E-state index contributed by atoms with van der Waals surface area (Å²) in [6.07, 6.45) is 3.11. The number of rotatable bonds is 0. The van der Waals surface area contributed by atoms with Crippen LogP contribution in [0.15, 0.2) is 18.2 Å². The molecule has 2 radical (unpaired) electrons. The van der Waals surface area contributed by atoms with Crippen LogP contribution in [-0.2, 0) is 6.42 Å². The molecule has 1 aromatic carbocycles. The molecule has 0 aromatic heterocycles. The van der Waals surface area contributed by atoms with Gasteiger partial charge in [-0.1, -0.05) is 6.07 Å². The molecule has 2 nitrogen and oxygen atoms in total. The highest BCUT2D eigenvalue weighted by Crippen LogP contribution is 2.30. The molecule has 1 atom stereocenters. The summed E-state index contributed by atoms with van der Waals surface area (Å²) in [5.41, 5.74) is 8.36. The Labute approximate surface area is 65.7 Å². The zero-order valence-electron chi connectivity index (χ0n) is 6.04. The Balaban J connectivity index is 2.50. The summed E-state index contributed by atoms with van der Waals surface area (Å²) < 4.78 is 0. The fraction of sp³-hybridized carbons (Fsp3) is 0.222. The van der Waals surface area contributed by atoms with Crippen LogP contribution in [0.3, 0.4) is 0 Å². The van der Waals surface area contributed by atoms with E-state index in [4.69, 9.17) is 5.73 Å². The van der Waals surface area contributed by atoms with Gasteiger partial charge >= 0.3 is 0 Å². The standard InChI is InChI=1S/C9H9NO/c10-7-2-3-8-6(5-7)1-4-9(8)11/h2-3,5,9,11H,1,10H2. The van der Waals surface area contributed by atoms with Crippen LogP contribution >= 0.6 is 0 Å². The van der Waals surface area contributed by atoms with Crippen molar-refractivity contribution in [3.63, 3.8) is 0 Å². The third kappa shape index (κ3) is 0.994. The van der Waals surface area contributed by atoms with Gasteiger partial charge in [0.1, 0.15) is 0 Å². The summed E-state index contributed by atoms with van der Waals surface area (Å²) in [7, 11) is 0. The number of fused-ring (bicyclic) bond motifs is 1. The van der Waals surface area contributed by atoms with Crippen LogP contribution < -0.4 is 5.73 Å². The molecule has 1 unspecified atom stereocenters. The lowest BCUT2D eigenvalue weighted by Gasteiger charge is -2.02. The van der Waals surface area contributed by atoms with E-state index >= 15 is 0 Å². The molecule has 0 aliphatic heterocycles. The summed E-state index contributed by atoms with van der Waals surface area (Å²) in [4.78, 5) is 0.